The highest BCUT2D eigenvalue weighted by molar-refractivity contribution is 5.83. The van der Waals surface area contributed by atoms with Crippen LogP contribution < -0.4 is 5.32 Å². The van der Waals surface area contributed by atoms with Gasteiger partial charge in [-0.2, -0.15) is 0 Å². The smallest absolute Gasteiger partial charge is 0.228 e. The van der Waals surface area contributed by atoms with E-state index in [1.165, 1.54) is 6.42 Å². The molecule has 3 aliphatic heterocycles. The van der Waals surface area contributed by atoms with Gasteiger partial charge < -0.3 is 25.0 Å². The fraction of sp³-hybridized carbons (Fsp3) is 0.722. The third-order valence-electron chi connectivity index (χ3n) is 6.59. The van der Waals surface area contributed by atoms with Gasteiger partial charge in [-0.3, -0.25) is 9.59 Å². The van der Waals surface area contributed by atoms with Crippen molar-refractivity contribution in [1.82, 2.24) is 20.2 Å². The fourth-order valence-electron chi connectivity index (χ4n) is 5.04. The van der Waals surface area contributed by atoms with Gasteiger partial charge in [0.15, 0.2) is 0 Å². The second-order valence-electron chi connectivity index (χ2n) is 8.38. The Balaban J connectivity index is 1.18. The van der Waals surface area contributed by atoms with Crippen molar-refractivity contribution >= 4 is 11.8 Å². The summed E-state index contributed by atoms with van der Waals surface area (Å²) in [5, 5.41) is 12.7. The van der Waals surface area contributed by atoms with Gasteiger partial charge in [0, 0.05) is 18.8 Å². The largest absolute Gasteiger partial charge is 0.394 e. The molecule has 3 N–H and O–H groups in total. The molecule has 4 aliphatic rings. The van der Waals surface area contributed by atoms with Gasteiger partial charge in [0.1, 0.15) is 0 Å². The number of aryl methyl sites for hydroxylation is 1. The number of aliphatic hydroxyl groups excluding tert-OH is 1. The number of carbonyl (C=O) groups is 2. The van der Waals surface area contributed by atoms with E-state index in [1.54, 1.807) is 11.2 Å². The number of hydrogen-bond acceptors (Lipinski definition) is 5. The van der Waals surface area contributed by atoms with Gasteiger partial charge in [-0.05, 0) is 31.6 Å². The van der Waals surface area contributed by atoms with Crippen LogP contribution in [0.1, 0.15) is 24.2 Å². The summed E-state index contributed by atoms with van der Waals surface area (Å²) in [5.41, 5.74) is 0.816. The molecule has 1 aromatic rings. The lowest BCUT2D eigenvalue weighted by molar-refractivity contribution is -0.150. The lowest BCUT2D eigenvalue weighted by Crippen LogP contribution is -2.74. The molecular formula is C18H24N4O4. The number of amides is 2. The van der Waals surface area contributed by atoms with Gasteiger partial charge in [-0.15, -0.1) is 0 Å². The molecule has 4 fully saturated rings. The Morgan fingerprint density at radius 3 is 2.85 bits per heavy atom. The molecule has 8 heteroatoms. The van der Waals surface area contributed by atoms with Crippen LogP contribution in [0.4, 0.5) is 0 Å². The topological polar surface area (TPSA) is 108 Å². The van der Waals surface area contributed by atoms with Crippen molar-refractivity contribution < 1.29 is 19.4 Å². The molecule has 0 unspecified atom stereocenters. The summed E-state index contributed by atoms with van der Waals surface area (Å²) in [6, 6.07) is 0. The van der Waals surface area contributed by atoms with Crippen molar-refractivity contribution in [3.05, 3.63) is 17.7 Å². The predicted molar refractivity (Wildman–Crippen MR) is 89.9 cm³/mol. The van der Waals surface area contributed by atoms with E-state index in [4.69, 9.17) is 4.74 Å². The molecule has 0 radical (unpaired) electrons. The third-order valence-corrected chi connectivity index (χ3v) is 6.59. The van der Waals surface area contributed by atoms with E-state index in [0.717, 1.165) is 12.1 Å². The molecule has 1 aromatic heterocycles. The average Bonchev–Trinajstić information content (AvgIpc) is 2.96. The maximum atomic E-state index is 12.8. The number of imidazole rings is 1. The summed E-state index contributed by atoms with van der Waals surface area (Å²) < 4.78 is 5.92. The highest BCUT2D eigenvalue weighted by Crippen LogP contribution is 2.61. The zero-order valence-corrected chi connectivity index (χ0v) is 14.8. The maximum absolute atomic E-state index is 12.8. The fourth-order valence-corrected chi connectivity index (χ4v) is 5.04. The molecule has 1 saturated carbocycles. The third kappa shape index (κ3) is 2.39. The minimum Gasteiger partial charge on any atom is -0.394 e. The number of likely N-dealkylation sites (tertiary alicyclic amines) is 1. The molecule has 0 aromatic carbocycles. The highest BCUT2D eigenvalue weighted by atomic mass is 16.5. The summed E-state index contributed by atoms with van der Waals surface area (Å²) in [4.78, 5) is 34.0. The molecule has 2 amide bonds. The van der Waals surface area contributed by atoms with E-state index >= 15 is 0 Å². The van der Waals surface area contributed by atoms with Crippen LogP contribution in [0.15, 0.2) is 6.33 Å². The molecule has 8 nitrogen and oxygen atoms in total. The Bertz CT molecular complexity index is 756. The summed E-state index contributed by atoms with van der Waals surface area (Å²) in [5.74, 6) is 1.17. The van der Waals surface area contributed by atoms with E-state index in [-0.39, 0.29) is 43.0 Å². The number of rotatable bonds is 5. The molecule has 4 heterocycles. The number of aromatic nitrogens is 2. The van der Waals surface area contributed by atoms with Crippen molar-refractivity contribution in [2.45, 2.75) is 43.9 Å². The van der Waals surface area contributed by atoms with Crippen LogP contribution in [0.2, 0.25) is 0 Å². The molecule has 2 bridgehead atoms. The number of aliphatic hydroxyl groups is 1. The van der Waals surface area contributed by atoms with Crippen molar-refractivity contribution in [3.63, 3.8) is 0 Å². The number of nitrogens with zero attached hydrogens (tertiary/aromatic N) is 2. The molecular weight excluding hydrogens is 336 g/mol. The van der Waals surface area contributed by atoms with Gasteiger partial charge in [-0.1, -0.05) is 0 Å². The van der Waals surface area contributed by atoms with Crippen molar-refractivity contribution in [1.29, 1.82) is 0 Å². The second kappa shape index (κ2) is 5.53. The molecule has 26 heavy (non-hydrogen) atoms. The standard InChI is InChI=1S/C18H24N4O4/c1-9-13(20-8-19-9)4-15(24)21-18(7-23)5-22(6-18)17(25)12-3-14-10-2-11(10)16(12)26-14/h8,10-12,14,16,23H,2-7H2,1H3,(H,19,20)(H,21,24)/t10-,11+,12-,14+,16+/m1/s1. The number of nitrogens with one attached hydrogen (secondary N) is 2. The summed E-state index contributed by atoms with van der Waals surface area (Å²) in [6.45, 7) is 2.40. The van der Waals surface area contributed by atoms with Crippen molar-refractivity contribution in [3.8, 4) is 0 Å². The zero-order valence-electron chi connectivity index (χ0n) is 14.8. The summed E-state index contributed by atoms with van der Waals surface area (Å²) >= 11 is 0. The van der Waals surface area contributed by atoms with E-state index in [0.29, 0.717) is 30.6 Å². The second-order valence-corrected chi connectivity index (χ2v) is 8.38. The average molecular weight is 360 g/mol. The predicted octanol–water partition coefficient (Wildman–Crippen LogP) is -0.626. The molecule has 3 saturated heterocycles. The van der Waals surface area contributed by atoms with E-state index < -0.39 is 5.54 Å². The first-order valence-corrected chi connectivity index (χ1v) is 9.35. The number of aromatic amines is 1. The van der Waals surface area contributed by atoms with E-state index in [2.05, 4.69) is 15.3 Å². The normalized spacial score (nSPS) is 35.8. The molecule has 140 valence electrons. The van der Waals surface area contributed by atoms with Gasteiger partial charge in [0.25, 0.3) is 0 Å². The minimum absolute atomic E-state index is 0.0390. The van der Waals surface area contributed by atoms with Gasteiger partial charge >= 0.3 is 0 Å². The SMILES string of the molecule is Cc1[nH]cnc1CC(=O)NC1(CO)CN(C(=O)[C@@H]2C[C@@H]3O[C@H]2[C@H]2C[C@H]23)C1. The van der Waals surface area contributed by atoms with Crippen LogP contribution >= 0.6 is 0 Å². The molecule has 0 spiro atoms. The quantitative estimate of drug-likeness (QED) is 0.648. The Morgan fingerprint density at radius 1 is 1.42 bits per heavy atom. The Labute approximate surface area is 151 Å². The number of fused-ring (bicyclic) bond motifs is 5. The summed E-state index contributed by atoms with van der Waals surface area (Å²) in [6.07, 6.45) is 4.14. The Kier molecular flexibility index (Phi) is 3.46. The number of hydrogen-bond donors (Lipinski definition) is 3. The van der Waals surface area contributed by atoms with Crippen LogP contribution in [0.3, 0.4) is 0 Å². The highest BCUT2D eigenvalue weighted by Gasteiger charge is 2.65. The maximum Gasteiger partial charge on any atom is 0.228 e. The minimum atomic E-state index is -0.739. The first-order chi connectivity index (χ1) is 12.5. The van der Waals surface area contributed by atoms with Crippen LogP contribution in [0.25, 0.3) is 0 Å². The Morgan fingerprint density at radius 2 is 2.23 bits per heavy atom. The molecule has 5 rings (SSSR count). The van der Waals surface area contributed by atoms with Gasteiger partial charge in [0.05, 0.1) is 48.7 Å². The van der Waals surface area contributed by atoms with Gasteiger partial charge in [0.2, 0.25) is 11.8 Å². The number of H-pyrrole nitrogens is 1. The first kappa shape index (κ1) is 16.3. The van der Waals surface area contributed by atoms with Crippen LogP contribution in [-0.2, 0) is 20.7 Å². The lowest BCUT2D eigenvalue weighted by atomic mass is 9.84. The van der Waals surface area contributed by atoms with Crippen molar-refractivity contribution in [2.24, 2.45) is 17.8 Å². The van der Waals surface area contributed by atoms with Crippen LogP contribution in [0.5, 0.6) is 0 Å². The van der Waals surface area contributed by atoms with Crippen LogP contribution in [-0.4, -0.2) is 69.2 Å². The summed E-state index contributed by atoms with van der Waals surface area (Å²) in [7, 11) is 0. The molecule has 1 aliphatic carbocycles. The first-order valence-electron chi connectivity index (χ1n) is 9.35. The monoisotopic (exact) mass is 360 g/mol. The zero-order chi connectivity index (χ0) is 18.1. The lowest BCUT2D eigenvalue weighted by Gasteiger charge is -2.50. The van der Waals surface area contributed by atoms with E-state index in [1.807, 2.05) is 6.92 Å². The van der Waals surface area contributed by atoms with Crippen molar-refractivity contribution in [2.75, 3.05) is 19.7 Å². The Hall–Kier alpha value is -1.93. The number of carbonyl (C=O) groups excluding carboxylic acids is 2. The van der Waals surface area contributed by atoms with E-state index in [9.17, 15) is 14.7 Å². The van der Waals surface area contributed by atoms with Gasteiger partial charge in [-0.25, -0.2) is 4.98 Å². The van der Waals surface area contributed by atoms with Crippen LogP contribution in [0, 0.1) is 24.7 Å². The number of ether oxygens (including phenoxy) is 1. The molecule has 5 atom stereocenters.